The molecule has 0 saturated heterocycles. The number of carbonyl (C=O) groups excluding carboxylic acids is 3. The van der Waals surface area contributed by atoms with E-state index in [-0.39, 0.29) is 22.2 Å². The van der Waals surface area contributed by atoms with Crippen molar-refractivity contribution in [2.75, 3.05) is 11.5 Å². The molecule has 3 aromatic rings. The number of nitrogens with zero attached hydrogens (tertiary/aromatic N) is 3. The number of ketones is 1. The fraction of sp³-hybridized carbons (Fsp3) is 0.240. The average Bonchev–Trinajstić information content (AvgIpc) is 3.45. The van der Waals surface area contributed by atoms with Crippen LogP contribution < -0.4 is 4.90 Å². The van der Waals surface area contributed by atoms with Crippen LogP contribution in [0.4, 0.5) is 5.13 Å². The van der Waals surface area contributed by atoms with E-state index in [1.54, 1.807) is 39.8 Å². The fourth-order valence-corrected chi connectivity index (χ4v) is 5.63. The van der Waals surface area contributed by atoms with E-state index in [1.807, 2.05) is 30.3 Å². The minimum Gasteiger partial charge on any atom is -0.503 e. The van der Waals surface area contributed by atoms with Gasteiger partial charge in [-0.15, -0.1) is 11.3 Å². The van der Waals surface area contributed by atoms with E-state index in [0.717, 1.165) is 16.9 Å². The van der Waals surface area contributed by atoms with Crippen LogP contribution in [0.3, 0.4) is 0 Å². The number of aryl methyl sites for hydroxylation is 3. The van der Waals surface area contributed by atoms with Crippen LogP contribution in [-0.2, 0) is 9.53 Å². The molecule has 0 radical (unpaired) electrons. The average molecular weight is 510 g/mol. The van der Waals surface area contributed by atoms with E-state index in [4.69, 9.17) is 4.74 Å². The van der Waals surface area contributed by atoms with Gasteiger partial charge in [0, 0.05) is 0 Å². The summed E-state index contributed by atoms with van der Waals surface area (Å²) in [6.45, 7) is 7.05. The molecule has 10 heteroatoms. The van der Waals surface area contributed by atoms with E-state index in [0.29, 0.717) is 21.3 Å². The Labute approximate surface area is 210 Å². The number of carbonyl (C=O) groups is 3. The van der Waals surface area contributed by atoms with Crippen LogP contribution in [0.15, 0.2) is 47.7 Å². The number of amides is 1. The van der Waals surface area contributed by atoms with Crippen LogP contribution in [0.1, 0.15) is 48.2 Å². The number of anilines is 1. The molecular weight excluding hydrogens is 486 g/mol. The van der Waals surface area contributed by atoms with Crippen molar-refractivity contribution in [1.82, 2.24) is 9.97 Å². The molecule has 1 atom stereocenters. The number of benzene rings is 1. The van der Waals surface area contributed by atoms with Crippen molar-refractivity contribution in [3.8, 4) is 0 Å². The van der Waals surface area contributed by atoms with Gasteiger partial charge in [-0.1, -0.05) is 53.8 Å². The van der Waals surface area contributed by atoms with E-state index in [1.165, 1.54) is 16.2 Å². The van der Waals surface area contributed by atoms with Crippen LogP contribution in [0.5, 0.6) is 0 Å². The van der Waals surface area contributed by atoms with Crippen LogP contribution in [0, 0.1) is 20.8 Å². The first-order chi connectivity index (χ1) is 16.7. The Hall–Kier alpha value is -3.63. The molecule has 180 valence electrons. The summed E-state index contributed by atoms with van der Waals surface area (Å²) >= 11 is 2.19. The molecule has 0 saturated carbocycles. The van der Waals surface area contributed by atoms with Crippen molar-refractivity contribution in [2.24, 2.45) is 0 Å². The maximum Gasteiger partial charge on any atom is 0.350 e. The molecule has 0 aliphatic carbocycles. The maximum absolute atomic E-state index is 13.5. The number of aliphatic hydroxyl groups excluding tert-OH is 1. The van der Waals surface area contributed by atoms with Crippen molar-refractivity contribution in [2.45, 2.75) is 33.7 Å². The third-order valence-electron chi connectivity index (χ3n) is 5.33. The largest absolute Gasteiger partial charge is 0.503 e. The molecule has 4 rings (SSSR count). The Kier molecular flexibility index (Phi) is 6.95. The van der Waals surface area contributed by atoms with Gasteiger partial charge >= 0.3 is 5.97 Å². The number of esters is 1. The van der Waals surface area contributed by atoms with Crippen molar-refractivity contribution in [3.63, 3.8) is 0 Å². The normalized spacial score (nSPS) is 15.9. The summed E-state index contributed by atoms with van der Waals surface area (Å²) in [5.41, 5.74) is 1.73. The number of ether oxygens (including phenoxy) is 1. The lowest BCUT2D eigenvalue weighted by Gasteiger charge is -2.21. The Bertz CT molecular complexity index is 1370. The maximum atomic E-state index is 13.5. The van der Waals surface area contributed by atoms with Gasteiger partial charge in [0.2, 0.25) is 5.78 Å². The smallest absolute Gasteiger partial charge is 0.350 e. The van der Waals surface area contributed by atoms with Crippen molar-refractivity contribution in [1.29, 1.82) is 0 Å². The van der Waals surface area contributed by atoms with E-state index < -0.39 is 29.5 Å². The Morgan fingerprint density at radius 2 is 1.77 bits per heavy atom. The number of hydrogen-bond donors (Lipinski definition) is 1. The monoisotopic (exact) mass is 509 g/mol. The van der Waals surface area contributed by atoms with Gasteiger partial charge < -0.3 is 9.84 Å². The van der Waals surface area contributed by atoms with Crippen LogP contribution in [0.25, 0.3) is 6.08 Å². The fourth-order valence-electron chi connectivity index (χ4n) is 3.76. The van der Waals surface area contributed by atoms with Gasteiger partial charge in [0.15, 0.2) is 10.9 Å². The van der Waals surface area contributed by atoms with Gasteiger partial charge in [0.25, 0.3) is 5.91 Å². The lowest BCUT2D eigenvalue weighted by Crippen LogP contribution is -2.35. The quantitative estimate of drug-likeness (QED) is 0.359. The van der Waals surface area contributed by atoms with Gasteiger partial charge in [-0.2, -0.15) is 0 Å². The first-order valence-electron chi connectivity index (χ1n) is 10.9. The van der Waals surface area contributed by atoms with E-state index in [2.05, 4.69) is 9.97 Å². The summed E-state index contributed by atoms with van der Waals surface area (Å²) in [5.74, 6) is -2.42. The van der Waals surface area contributed by atoms with Crippen molar-refractivity contribution in [3.05, 3.63) is 79.5 Å². The number of aliphatic hydroxyl groups is 1. The highest BCUT2D eigenvalue weighted by atomic mass is 32.1. The predicted molar refractivity (Wildman–Crippen MR) is 135 cm³/mol. The van der Waals surface area contributed by atoms with E-state index >= 15 is 0 Å². The lowest BCUT2D eigenvalue weighted by atomic mass is 10.0. The van der Waals surface area contributed by atoms with Gasteiger partial charge in [-0.05, 0) is 33.3 Å². The number of Topliss-reactive ketones (excluding diaryl/α,β-unsaturated/α-hetero) is 1. The minimum absolute atomic E-state index is 0.0560. The van der Waals surface area contributed by atoms with Crippen LogP contribution >= 0.6 is 22.7 Å². The van der Waals surface area contributed by atoms with Crippen LogP contribution in [-0.4, -0.2) is 45.4 Å². The SMILES string of the molecule is CCOC(=O)c1sc(N2C(=O)C(O)=C(C(=O)c3sc(C)nc3C)C2/C=C/c2ccccc2)nc1C. The topological polar surface area (TPSA) is 110 Å². The lowest BCUT2D eigenvalue weighted by molar-refractivity contribution is -0.116. The Balaban J connectivity index is 1.81. The molecule has 1 N–H and O–H groups in total. The standard InChI is InChI=1S/C25H23N3O5S2/c1-5-33-24(32)22-14(3)27-25(35-22)28-17(12-11-16-9-7-6-8-10-16)18(20(30)23(28)31)19(29)21-13(2)26-15(4)34-21/h6-12,17,30H,5H2,1-4H3/b12-11+. The first-order valence-corrected chi connectivity index (χ1v) is 12.5. The van der Waals surface area contributed by atoms with Gasteiger partial charge in [0.1, 0.15) is 4.88 Å². The second-order valence-electron chi connectivity index (χ2n) is 7.76. The molecule has 3 heterocycles. The molecule has 8 nitrogen and oxygen atoms in total. The second-order valence-corrected chi connectivity index (χ2v) is 9.94. The van der Waals surface area contributed by atoms with Gasteiger partial charge in [0.05, 0.1) is 39.5 Å². The molecule has 1 aliphatic heterocycles. The summed E-state index contributed by atoms with van der Waals surface area (Å²) in [6.07, 6.45) is 3.45. The highest BCUT2D eigenvalue weighted by Gasteiger charge is 2.45. The van der Waals surface area contributed by atoms with Crippen molar-refractivity contribution < 1.29 is 24.2 Å². The molecule has 1 aliphatic rings. The number of aromatic nitrogens is 2. The molecule has 0 spiro atoms. The molecule has 0 fully saturated rings. The van der Waals surface area contributed by atoms with Crippen molar-refractivity contribution >= 4 is 51.5 Å². The Morgan fingerprint density at radius 3 is 2.40 bits per heavy atom. The molecule has 1 unspecified atom stereocenters. The summed E-state index contributed by atoms with van der Waals surface area (Å²) in [6, 6.07) is 8.45. The van der Waals surface area contributed by atoms with E-state index in [9.17, 15) is 19.5 Å². The highest BCUT2D eigenvalue weighted by molar-refractivity contribution is 7.17. The molecule has 1 amide bonds. The van der Waals surface area contributed by atoms with Gasteiger partial charge in [-0.3, -0.25) is 14.5 Å². The van der Waals surface area contributed by atoms with Gasteiger partial charge in [-0.25, -0.2) is 14.8 Å². The molecule has 35 heavy (non-hydrogen) atoms. The zero-order valence-electron chi connectivity index (χ0n) is 19.6. The molecule has 2 aromatic heterocycles. The van der Waals surface area contributed by atoms with Crippen LogP contribution in [0.2, 0.25) is 0 Å². The third-order valence-corrected chi connectivity index (χ3v) is 7.54. The summed E-state index contributed by atoms with van der Waals surface area (Å²) < 4.78 is 5.09. The molecule has 0 bridgehead atoms. The zero-order valence-corrected chi connectivity index (χ0v) is 21.2. The Morgan fingerprint density at radius 1 is 1.09 bits per heavy atom. The number of rotatable bonds is 7. The zero-order chi connectivity index (χ0) is 25.3. The molecular formula is C25H23N3O5S2. The highest BCUT2D eigenvalue weighted by Crippen LogP contribution is 2.38. The summed E-state index contributed by atoms with van der Waals surface area (Å²) in [4.78, 5) is 49.7. The number of thiazole rings is 2. The second kappa shape index (κ2) is 9.93. The molecule has 1 aromatic carbocycles. The summed E-state index contributed by atoms with van der Waals surface area (Å²) in [5, 5.41) is 11.8. The first kappa shape index (κ1) is 24.5. The third kappa shape index (κ3) is 4.67. The number of hydrogen-bond acceptors (Lipinski definition) is 9. The predicted octanol–water partition coefficient (Wildman–Crippen LogP) is 4.83. The minimum atomic E-state index is -0.933. The summed E-state index contributed by atoms with van der Waals surface area (Å²) in [7, 11) is 0.